The largest absolute Gasteiger partial charge is 0.469 e. The molecule has 2 rings (SSSR count). The molecule has 0 radical (unpaired) electrons. The number of esters is 1. The second kappa shape index (κ2) is 9.89. The molecular weight excluding hydrogens is 398 g/mol. The Labute approximate surface area is 172 Å². The maximum atomic E-state index is 13.2. The Balaban J connectivity index is 2.27. The molecule has 1 heterocycles. The van der Waals surface area contributed by atoms with E-state index in [0.29, 0.717) is 11.5 Å². The zero-order chi connectivity index (χ0) is 20.9. The fraction of sp³-hybridized carbons (Fsp3) is 0.600. The van der Waals surface area contributed by atoms with E-state index in [1.165, 1.54) is 11.4 Å². The van der Waals surface area contributed by atoms with Gasteiger partial charge in [0.05, 0.1) is 24.0 Å². The van der Waals surface area contributed by atoms with E-state index in [0.717, 1.165) is 12.0 Å². The first kappa shape index (κ1) is 22.9. The van der Waals surface area contributed by atoms with Gasteiger partial charge in [-0.1, -0.05) is 38.0 Å². The SMILES string of the molecule is CCC(C)[C@H](CC(=O)[C@@H]1CSCCN1S(=O)(=O)c1ccc(C)cc1)C(=O)OC. The molecule has 0 amide bonds. The highest BCUT2D eigenvalue weighted by Crippen LogP contribution is 2.29. The summed E-state index contributed by atoms with van der Waals surface area (Å²) in [6, 6.07) is 5.88. The molecule has 0 N–H and O–H groups in total. The average molecular weight is 428 g/mol. The molecule has 6 nitrogen and oxygen atoms in total. The Morgan fingerprint density at radius 1 is 1.29 bits per heavy atom. The molecule has 1 unspecified atom stereocenters. The molecule has 28 heavy (non-hydrogen) atoms. The van der Waals surface area contributed by atoms with E-state index < -0.39 is 28.0 Å². The van der Waals surface area contributed by atoms with Crippen LogP contribution in [0.15, 0.2) is 29.2 Å². The number of Topliss-reactive ketones (excluding diaryl/α,β-unsaturated/α-hetero) is 1. The summed E-state index contributed by atoms with van der Waals surface area (Å²) in [5.74, 6) is -0.176. The quantitative estimate of drug-likeness (QED) is 0.594. The molecule has 156 valence electrons. The number of ketones is 1. The molecule has 0 spiro atoms. The van der Waals surface area contributed by atoms with Gasteiger partial charge in [-0.25, -0.2) is 8.42 Å². The van der Waals surface area contributed by atoms with Crippen LogP contribution in [0.2, 0.25) is 0 Å². The van der Waals surface area contributed by atoms with Crippen molar-refractivity contribution >= 4 is 33.5 Å². The van der Waals surface area contributed by atoms with Crippen molar-refractivity contribution in [3.05, 3.63) is 29.8 Å². The van der Waals surface area contributed by atoms with Gasteiger partial charge >= 0.3 is 5.97 Å². The molecular formula is C20H29NO5S2. The van der Waals surface area contributed by atoms with E-state index in [1.54, 1.807) is 36.0 Å². The molecule has 1 saturated heterocycles. The van der Waals surface area contributed by atoms with E-state index >= 15 is 0 Å². The van der Waals surface area contributed by atoms with Crippen LogP contribution in [0.3, 0.4) is 0 Å². The maximum Gasteiger partial charge on any atom is 0.309 e. The van der Waals surface area contributed by atoms with E-state index in [4.69, 9.17) is 4.74 Å². The molecule has 0 aromatic heterocycles. The van der Waals surface area contributed by atoms with Crippen molar-refractivity contribution in [2.45, 2.75) is 44.6 Å². The highest BCUT2D eigenvalue weighted by molar-refractivity contribution is 7.99. The molecule has 1 aliphatic heterocycles. The summed E-state index contributed by atoms with van der Waals surface area (Å²) in [6.45, 7) is 6.03. The van der Waals surface area contributed by atoms with Gasteiger partial charge in [-0.05, 0) is 25.0 Å². The van der Waals surface area contributed by atoms with Gasteiger partial charge in [-0.15, -0.1) is 0 Å². The highest BCUT2D eigenvalue weighted by atomic mass is 32.2. The van der Waals surface area contributed by atoms with Crippen LogP contribution in [-0.4, -0.2) is 55.7 Å². The summed E-state index contributed by atoms with van der Waals surface area (Å²) in [5.41, 5.74) is 0.968. The highest BCUT2D eigenvalue weighted by Gasteiger charge is 2.39. The van der Waals surface area contributed by atoms with Crippen LogP contribution >= 0.6 is 11.8 Å². The fourth-order valence-electron chi connectivity index (χ4n) is 3.28. The van der Waals surface area contributed by atoms with Crippen LogP contribution in [0.25, 0.3) is 0 Å². The summed E-state index contributed by atoms with van der Waals surface area (Å²) < 4.78 is 32.5. The third-order valence-electron chi connectivity index (χ3n) is 5.33. The first-order chi connectivity index (χ1) is 13.2. The predicted octanol–water partition coefficient (Wildman–Crippen LogP) is 2.90. The molecule has 0 aliphatic carbocycles. The van der Waals surface area contributed by atoms with Gasteiger partial charge in [0, 0.05) is 24.5 Å². The van der Waals surface area contributed by atoms with Gasteiger partial charge in [0.15, 0.2) is 5.78 Å². The van der Waals surface area contributed by atoms with Crippen molar-refractivity contribution in [1.29, 1.82) is 0 Å². The van der Waals surface area contributed by atoms with Gasteiger partial charge in [-0.3, -0.25) is 9.59 Å². The molecule has 1 aromatic carbocycles. The normalized spacial score (nSPS) is 20.4. The second-order valence-corrected chi connectivity index (χ2v) is 10.2. The third kappa shape index (κ3) is 5.15. The zero-order valence-corrected chi connectivity index (χ0v) is 18.5. The van der Waals surface area contributed by atoms with Crippen LogP contribution in [-0.2, 0) is 24.3 Å². The summed E-state index contributed by atoms with van der Waals surface area (Å²) in [5, 5.41) is 0. The number of methoxy groups -OCH3 is 1. The van der Waals surface area contributed by atoms with Crippen LogP contribution in [0.1, 0.15) is 32.3 Å². The van der Waals surface area contributed by atoms with E-state index in [1.807, 2.05) is 20.8 Å². The number of rotatable bonds is 8. The van der Waals surface area contributed by atoms with Crippen LogP contribution in [0, 0.1) is 18.8 Å². The van der Waals surface area contributed by atoms with Gasteiger partial charge in [0.25, 0.3) is 0 Å². The van der Waals surface area contributed by atoms with Crippen molar-refractivity contribution in [1.82, 2.24) is 4.31 Å². The number of nitrogens with zero attached hydrogens (tertiary/aromatic N) is 1. The summed E-state index contributed by atoms with van der Waals surface area (Å²) >= 11 is 1.56. The first-order valence-electron chi connectivity index (χ1n) is 9.49. The number of hydrogen-bond donors (Lipinski definition) is 0. The molecule has 1 aromatic rings. The van der Waals surface area contributed by atoms with Crippen LogP contribution in [0.5, 0.6) is 0 Å². The lowest BCUT2D eigenvalue weighted by molar-refractivity contribution is -0.149. The van der Waals surface area contributed by atoms with E-state index in [2.05, 4.69) is 0 Å². The van der Waals surface area contributed by atoms with E-state index in [9.17, 15) is 18.0 Å². The number of ether oxygens (including phenoxy) is 1. The number of aryl methyl sites for hydroxylation is 1. The van der Waals surface area contributed by atoms with Crippen molar-refractivity contribution in [3.63, 3.8) is 0 Å². The number of hydrogen-bond acceptors (Lipinski definition) is 6. The molecule has 1 fully saturated rings. The Kier molecular flexibility index (Phi) is 8.09. The van der Waals surface area contributed by atoms with Gasteiger partial charge in [0.1, 0.15) is 0 Å². The number of thioether (sulfide) groups is 1. The van der Waals surface area contributed by atoms with Crippen LogP contribution in [0.4, 0.5) is 0 Å². The van der Waals surface area contributed by atoms with Gasteiger partial charge < -0.3 is 4.74 Å². The molecule has 0 saturated carbocycles. The lowest BCUT2D eigenvalue weighted by Gasteiger charge is -2.34. The summed E-state index contributed by atoms with van der Waals surface area (Å²) in [6.07, 6.45) is 0.727. The minimum absolute atomic E-state index is 0.00712. The second-order valence-electron chi connectivity index (χ2n) is 7.21. The smallest absolute Gasteiger partial charge is 0.309 e. The molecule has 3 atom stereocenters. The third-order valence-corrected chi connectivity index (χ3v) is 8.28. The standard InChI is InChI=1S/C20H29NO5S2/c1-5-15(3)17(20(23)26-4)12-19(22)18-13-27-11-10-21(18)28(24,25)16-8-6-14(2)7-9-16/h6-9,15,17-18H,5,10-13H2,1-4H3/t15?,17-,18-/m0/s1. The molecule has 0 bridgehead atoms. The summed E-state index contributed by atoms with van der Waals surface area (Å²) in [4.78, 5) is 25.4. The van der Waals surface area contributed by atoms with Crippen molar-refractivity contribution < 1.29 is 22.7 Å². The summed E-state index contributed by atoms with van der Waals surface area (Å²) in [7, 11) is -2.47. The fourth-order valence-corrected chi connectivity index (χ4v) is 6.18. The Bertz CT molecular complexity index is 791. The van der Waals surface area contributed by atoms with Crippen LogP contribution < -0.4 is 0 Å². The zero-order valence-electron chi connectivity index (χ0n) is 16.9. The number of carbonyl (C=O) groups excluding carboxylic acids is 2. The van der Waals surface area contributed by atoms with Crippen molar-refractivity contribution in [2.75, 3.05) is 25.2 Å². The van der Waals surface area contributed by atoms with Gasteiger partial charge in [0.2, 0.25) is 10.0 Å². The monoisotopic (exact) mass is 427 g/mol. The Morgan fingerprint density at radius 2 is 1.93 bits per heavy atom. The predicted molar refractivity (Wildman–Crippen MR) is 111 cm³/mol. The Morgan fingerprint density at radius 3 is 2.50 bits per heavy atom. The minimum atomic E-state index is -3.78. The molecule has 1 aliphatic rings. The van der Waals surface area contributed by atoms with E-state index in [-0.39, 0.29) is 29.6 Å². The topological polar surface area (TPSA) is 80.8 Å². The van der Waals surface area contributed by atoms with Crippen molar-refractivity contribution in [2.24, 2.45) is 11.8 Å². The first-order valence-corrected chi connectivity index (χ1v) is 12.1. The number of sulfonamides is 1. The number of benzene rings is 1. The van der Waals surface area contributed by atoms with Gasteiger partial charge in [-0.2, -0.15) is 16.1 Å². The minimum Gasteiger partial charge on any atom is -0.469 e. The number of carbonyl (C=O) groups is 2. The van der Waals surface area contributed by atoms with Crippen molar-refractivity contribution in [3.8, 4) is 0 Å². The average Bonchev–Trinajstić information content (AvgIpc) is 2.71. The Hall–Kier alpha value is -1.38. The lowest BCUT2D eigenvalue weighted by Crippen LogP contribution is -2.50. The lowest BCUT2D eigenvalue weighted by atomic mass is 9.86. The molecule has 8 heteroatoms. The maximum absolute atomic E-state index is 13.2.